The van der Waals surface area contributed by atoms with Crippen molar-refractivity contribution in [3.8, 4) is 5.75 Å². The summed E-state index contributed by atoms with van der Waals surface area (Å²) < 4.78 is 18.4. The minimum absolute atomic E-state index is 0.216. The zero-order chi connectivity index (χ0) is 18.4. The van der Waals surface area contributed by atoms with E-state index in [-0.39, 0.29) is 11.7 Å². The van der Waals surface area contributed by atoms with E-state index in [1.54, 1.807) is 36.7 Å². The van der Waals surface area contributed by atoms with Crippen LogP contribution in [0.2, 0.25) is 0 Å². The molecule has 132 valence electrons. The van der Waals surface area contributed by atoms with Gasteiger partial charge in [-0.2, -0.15) is 0 Å². The van der Waals surface area contributed by atoms with Crippen molar-refractivity contribution in [2.24, 2.45) is 0 Å². The Bertz CT molecular complexity index is 880. The SMILES string of the molecule is COc1ccc(Cc2ccc(F)cc2)cc1C(=O)NCc1cccnc1. The summed E-state index contributed by atoms with van der Waals surface area (Å²) in [4.78, 5) is 16.6. The molecule has 0 bridgehead atoms. The van der Waals surface area contributed by atoms with E-state index in [2.05, 4.69) is 10.3 Å². The molecule has 1 aromatic heterocycles. The topological polar surface area (TPSA) is 51.2 Å². The Morgan fingerprint density at radius 3 is 2.54 bits per heavy atom. The fourth-order valence-corrected chi connectivity index (χ4v) is 2.66. The number of halogens is 1. The Morgan fingerprint density at radius 2 is 1.85 bits per heavy atom. The van der Waals surface area contributed by atoms with Crippen molar-refractivity contribution in [1.82, 2.24) is 10.3 Å². The summed E-state index contributed by atoms with van der Waals surface area (Å²) in [6.07, 6.45) is 4.00. The smallest absolute Gasteiger partial charge is 0.255 e. The lowest BCUT2D eigenvalue weighted by atomic mass is 10.0. The highest BCUT2D eigenvalue weighted by Gasteiger charge is 2.13. The van der Waals surface area contributed by atoms with Crippen molar-refractivity contribution >= 4 is 5.91 Å². The van der Waals surface area contributed by atoms with Gasteiger partial charge in [-0.1, -0.05) is 24.3 Å². The molecule has 0 radical (unpaired) electrons. The van der Waals surface area contributed by atoms with Gasteiger partial charge in [0.05, 0.1) is 12.7 Å². The number of benzene rings is 2. The molecule has 0 unspecified atom stereocenters. The van der Waals surface area contributed by atoms with Crippen molar-refractivity contribution in [3.05, 3.63) is 95.1 Å². The van der Waals surface area contributed by atoms with Crippen LogP contribution in [0.1, 0.15) is 27.0 Å². The Hall–Kier alpha value is -3.21. The van der Waals surface area contributed by atoms with Crippen LogP contribution in [0, 0.1) is 5.82 Å². The molecule has 0 aliphatic carbocycles. The number of carbonyl (C=O) groups excluding carboxylic acids is 1. The lowest BCUT2D eigenvalue weighted by molar-refractivity contribution is 0.0947. The molecule has 2 aromatic carbocycles. The number of ether oxygens (including phenoxy) is 1. The van der Waals surface area contributed by atoms with Crippen LogP contribution in [-0.2, 0) is 13.0 Å². The van der Waals surface area contributed by atoms with E-state index in [1.165, 1.54) is 19.2 Å². The lowest BCUT2D eigenvalue weighted by Gasteiger charge is -2.11. The minimum atomic E-state index is -0.265. The van der Waals surface area contributed by atoms with Gasteiger partial charge in [0.2, 0.25) is 0 Å². The number of methoxy groups -OCH3 is 1. The molecule has 26 heavy (non-hydrogen) atoms. The van der Waals surface area contributed by atoms with Gasteiger partial charge in [0.1, 0.15) is 11.6 Å². The molecule has 0 fully saturated rings. The lowest BCUT2D eigenvalue weighted by Crippen LogP contribution is -2.23. The molecular weight excluding hydrogens is 331 g/mol. The third-order valence-corrected chi connectivity index (χ3v) is 4.01. The highest BCUT2D eigenvalue weighted by molar-refractivity contribution is 5.97. The molecule has 4 nitrogen and oxygen atoms in total. The van der Waals surface area contributed by atoms with Crippen molar-refractivity contribution in [2.75, 3.05) is 7.11 Å². The fraction of sp³-hybridized carbons (Fsp3) is 0.143. The number of nitrogens with one attached hydrogen (secondary N) is 1. The molecule has 1 heterocycles. The number of carbonyl (C=O) groups is 1. The van der Waals surface area contributed by atoms with Gasteiger partial charge in [0.15, 0.2) is 0 Å². The normalized spacial score (nSPS) is 10.4. The maximum Gasteiger partial charge on any atom is 0.255 e. The first-order valence-electron chi connectivity index (χ1n) is 8.24. The highest BCUT2D eigenvalue weighted by atomic mass is 19.1. The van der Waals surface area contributed by atoms with E-state index in [0.29, 0.717) is 24.3 Å². The second-order valence-corrected chi connectivity index (χ2v) is 5.88. The van der Waals surface area contributed by atoms with Gasteiger partial charge < -0.3 is 10.1 Å². The van der Waals surface area contributed by atoms with Crippen molar-refractivity contribution in [2.45, 2.75) is 13.0 Å². The van der Waals surface area contributed by atoms with Gasteiger partial charge in [-0.05, 0) is 53.4 Å². The second kappa shape index (κ2) is 8.25. The number of hydrogen-bond donors (Lipinski definition) is 1. The van der Waals surface area contributed by atoms with Gasteiger partial charge in [-0.15, -0.1) is 0 Å². The van der Waals surface area contributed by atoms with Crippen LogP contribution in [0.3, 0.4) is 0 Å². The van der Waals surface area contributed by atoms with Gasteiger partial charge >= 0.3 is 0 Å². The van der Waals surface area contributed by atoms with E-state index in [4.69, 9.17) is 4.74 Å². The fourth-order valence-electron chi connectivity index (χ4n) is 2.66. The first-order valence-corrected chi connectivity index (χ1v) is 8.24. The van der Waals surface area contributed by atoms with Gasteiger partial charge in [-0.25, -0.2) is 4.39 Å². The summed E-state index contributed by atoms with van der Waals surface area (Å²) >= 11 is 0. The van der Waals surface area contributed by atoms with E-state index in [1.807, 2.05) is 18.2 Å². The van der Waals surface area contributed by atoms with Crippen LogP contribution in [0.5, 0.6) is 5.75 Å². The predicted octanol–water partition coefficient (Wildman–Crippen LogP) is 3.75. The summed E-state index contributed by atoms with van der Waals surface area (Å²) in [5.41, 5.74) is 3.31. The van der Waals surface area contributed by atoms with Crippen molar-refractivity contribution < 1.29 is 13.9 Å². The third kappa shape index (κ3) is 4.45. The number of hydrogen-bond acceptors (Lipinski definition) is 3. The predicted molar refractivity (Wildman–Crippen MR) is 97.6 cm³/mol. The van der Waals surface area contributed by atoms with Crippen LogP contribution >= 0.6 is 0 Å². The van der Waals surface area contributed by atoms with Crippen LogP contribution < -0.4 is 10.1 Å². The van der Waals surface area contributed by atoms with E-state index in [9.17, 15) is 9.18 Å². The zero-order valence-electron chi connectivity index (χ0n) is 14.4. The van der Waals surface area contributed by atoms with Gasteiger partial charge in [0.25, 0.3) is 5.91 Å². The minimum Gasteiger partial charge on any atom is -0.496 e. The summed E-state index contributed by atoms with van der Waals surface area (Å²) in [6, 6.07) is 15.5. The van der Waals surface area contributed by atoms with Crippen LogP contribution in [0.15, 0.2) is 67.0 Å². The Morgan fingerprint density at radius 1 is 1.08 bits per heavy atom. The zero-order valence-corrected chi connectivity index (χ0v) is 14.4. The maximum atomic E-state index is 13.0. The van der Waals surface area contributed by atoms with Crippen LogP contribution in [-0.4, -0.2) is 18.0 Å². The summed E-state index contributed by atoms with van der Waals surface area (Å²) in [5, 5.41) is 2.88. The molecule has 0 spiro atoms. The van der Waals surface area contributed by atoms with Crippen LogP contribution in [0.4, 0.5) is 4.39 Å². The molecule has 1 N–H and O–H groups in total. The largest absolute Gasteiger partial charge is 0.496 e. The standard InChI is InChI=1S/C21H19FN2O2/c1-26-20-9-6-16(11-15-4-7-18(22)8-5-15)12-19(20)21(25)24-14-17-3-2-10-23-13-17/h2-10,12-13H,11,14H2,1H3,(H,24,25). The summed E-state index contributed by atoms with van der Waals surface area (Å²) in [5.74, 6) is 0.0298. The Balaban J connectivity index is 1.76. The van der Waals surface area contributed by atoms with Crippen molar-refractivity contribution in [1.29, 1.82) is 0 Å². The number of aromatic nitrogens is 1. The molecule has 0 aliphatic rings. The second-order valence-electron chi connectivity index (χ2n) is 5.88. The average Bonchev–Trinajstić information content (AvgIpc) is 2.68. The molecule has 5 heteroatoms. The molecule has 3 rings (SSSR count). The highest BCUT2D eigenvalue weighted by Crippen LogP contribution is 2.22. The van der Waals surface area contributed by atoms with E-state index < -0.39 is 0 Å². The van der Waals surface area contributed by atoms with E-state index in [0.717, 1.165) is 16.7 Å². The van der Waals surface area contributed by atoms with Crippen molar-refractivity contribution in [3.63, 3.8) is 0 Å². The molecule has 1 amide bonds. The average molecular weight is 350 g/mol. The molecule has 0 saturated heterocycles. The molecule has 3 aromatic rings. The molecule has 0 atom stereocenters. The maximum absolute atomic E-state index is 13.0. The van der Waals surface area contributed by atoms with Crippen LogP contribution in [0.25, 0.3) is 0 Å². The van der Waals surface area contributed by atoms with Gasteiger partial charge in [-0.3, -0.25) is 9.78 Å². The number of pyridine rings is 1. The van der Waals surface area contributed by atoms with Gasteiger partial charge in [0, 0.05) is 18.9 Å². The number of nitrogens with zero attached hydrogens (tertiary/aromatic N) is 1. The molecule has 0 aliphatic heterocycles. The Labute approximate surface area is 151 Å². The summed E-state index contributed by atoms with van der Waals surface area (Å²) in [7, 11) is 1.53. The Kier molecular flexibility index (Phi) is 5.59. The first-order chi connectivity index (χ1) is 12.7. The molecule has 0 saturated carbocycles. The third-order valence-electron chi connectivity index (χ3n) is 4.01. The van der Waals surface area contributed by atoms with E-state index >= 15 is 0 Å². The number of rotatable bonds is 6. The quantitative estimate of drug-likeness (QED) is 0.737. The summed E-state index contributed by atoms with van der Waals surface area (Å²) in [6.45, 7) is 0.387. The molecular formula is C21H19FN2O2. The first kappa shape index (κ1) is 17.6. The number of amides is 1. The monoisotopic (exact) mass is 350 g/mol.